The molecule has 0 saturated carbocycles. The van der Waals surface area contributed by atoms with Gasteiger partial charge in [-0.2, -0.15) is 0 Å². The van der Waals surface area contributed by atoms with Gasteiger partial charge in [0.05, 0.1) is 5.56 Å². The Morgan fingerprint density at radius 2 is 1.61 bits per heavy atom. The average Bonchev–Trinajstić information content (AvgIpc) is 3.12. The highest BCUT2D eigenvalue weighted by Gasteiger charge is 2.30. The minimum absolute atomic E-state index is 0.0352. The van der Waals surface area contributed by atoms with Crippen molar-refractivity contribution in [2.24, 2.45) is 0 Å². The minimum Gasteiger partial charge on any atom is -0.508 e. The van der Waals surface area contributed by atoms with E-state index in [-0.39, 0.29) is 30.4 Å². The van der Waals surface area contributed by atoms with E-state index in [2.05, 4.69) is 5.32 Å². The fourth-order valence-corrected chi connectivity index (χ4v) is 4.30. The van der Waals surface area contributed by atoms with E-state index in [4.69, 9.17) is 9.47 Å². The number of rotatable bonds is 7. The smallest absolute Gasteiger partial charge is 0.338 e. The number of aryl methyl sites for hydroxylation is 1. The molecule has 0 spiro atoms. The van der Waals surface area contributed by atoms with Gasteiger partial charge in [-0.15, -0.1) is 0 Å². The number of esters is 2. The molecule has 194 valence electrons. The molecule has 1 aliphatic carbocycles. The first kappa shape index (κ1) is 27.2. The zero-order valence-electron chi connectivity index (χ0n) is 22.0. The molecule has 0 saturated heterocycles. The van der Waals surface area contributed by atoms with Crippen molar-refractivity contribution >= 4 is 17.8 Å². The number of aromatic hydroxyl groups is 1. The fourth-order valence-electron chi connectivity index (χ4n) is 4.30. The van der Waals surface area contributed by atoms with Crippen LogP contribution < -0.4 is 5.32 Å². The molecule has 0 heterocycles. The molecule has 7 heteroatoms. The van der Waals surface area contributed by atoms with Gasteiger partial charge in [-0.25, -0.2) is 9.59 Å². The first-order valence-electron chi connectivity index (χ1n) is 12.4. The summed E-state index contributed by atoms with van der Waals surface area (Å²) in [6, 6.07) is 11.2. The maximum absolute atomic E-state index is 13.0. The number of nitrogens with one attached hydrogen (secondary N) is 1. The summed E-state index contributed by atoms with van der Waals surface area (Å²) in [7, 11) is 0. The van der Waals surface area contributed by atoms with Crippen LogP contribution in [0.3, 0.4) is 0 Å². The van der Waals surface area contributed by atoms with Gasteiger partial charge in [0.15, 0.2) is 0 Å². The highest BCUT2D eigenvalue weighted by atomic mass is 16.6. The molecule has 0 radical (unpaired) electrons. The van der Waals surface area contributed by atoms with E-state index < -0.39 is 29.2 Å². The van der Waals surface area contributed by atoms with Gasteiger partial charge >= 0.3 is 11.9 Å². The largest absolute Gasteiger partial charge is 0.508 e. The number of carbonyl (C=O) groups excluding carboxylic acids is 3. The first-order valence-corrected chi connectivity index (χ1v) is 12.4. The van der Waals surface area contributed by atoms with E-state index in [1.807, 2.05) is 6.07 Å². The van der Waals surface area contributed by atoms with Crippen LogP contribution in [0.4, 0.5) is 0 Å². The summed E-state index contributed by atoms with van der Waals surface area (Å²) in [6.45, 7) is 10.8. The second-order valence-electron chi connectivity index (χ2n) is 11.4. The number of phenolic OH excluding ortho intramolecular Hbond substituents is 1. The molecule has 0 bridgehead atoms. The van der Waals surface area contributed by atoms with Crippen LogP contribution in [0, 0.1) is 0 Å². The lowest BCUT2D eigenvalue weighted by molar-refractivity contribution is -0.158. The Kier molecular flexibility index (Phi) is 8.12. The third-order valence-corrected chi connectivity index (χ3v) is 5.82. The zero-order chi connectivity index (χ0) is 26.7. The van der Waals surface area contributed by atoms with Gasteiger partial charge in [-0.05, 0) is 101 Å². The lowest BCUT2D eigenvalue weighted by Crippen LogP contribution is -2.45. The summed E-state index contributed by atoms with van der Waals surface area (Å²) in [5, 5.41) is 12.6. The molecule has 0 aromatic heterocycles. The number of hydrogen-bond donors (Lipinski definition) is 2. The number of amides is 1. The van der Waals surface area contributed by atoms with Crippen LogP contribution in [0.15, 0.2) is 42.5 Å². The molecular weight excluding hydrogens is 458 g/mol. The summed E-state index contributed by atoms with van der Waals surface area (Å²) in [5.74, 6) is -0.906. The Labute approximate surface area is 213 Å². The van der Waals surface area contributed by atoms with Crippen LogP contribution in [0.25, 0.3) is 0 Å². The van der Waals surface area contributed by atoms with Gasteiger partial charge in [-0.3, -0.25) is 4.79 Å². The van der Waals surface area contributed by atoms with Crippen molar-refractivity contribution in [1.82, 2.24) is 5.32 Å². The van der Waals surface area contributed by atoms with Crippen molar-refractivity contribution in [3.8, 4) is 5.75 Å². The first-order chi connectivity index (χ1) is 16.7. The molecule has 0 fully saturated rings. The monoisotopic (exact) mass is 495 g/mol. The number of carbonyl (C=O) groups is 3. The Hall–Kier alpha value is -3.35. The van der Waals surface area contributed by atoms with Gasteiger partial charge in [0, 0.05) is 12.8 Å². The van der Waals surface area contributed by atoms with E-state index in [0.29, 0.717) is 5.56 Å². The zero-order valence-corrected chi connectivity index (χ0v) is 22.0. The maximum atomic E-state index is 13.0. The average molecular weight is 496 g/mol. The maximum Gasteiger partial charge on any atom is 0.338 e. The van der Waals surface area contributed by atoms with Gasteiger partial charge in [-0.1, -0.05) is 18.2 Å². The third kappa shape index (κ3) is 7.83. The standard InChI is InChI=1S/C29H37NO6/c1-28(2,3)35-26(33)19-9-7-18(8-10-19)15-24(27(34)36-29(4,5)6)30-25(32)17-21-12-11-20-16-22(31)13-14-23(20)21/h7-10,13-14,16,21,24,31H,11-12,15,17H2,1-6H3,(H,30,32)/t21?,24-/m0/s1. The number of benzene rings is 2. The predicted molar refractivity (Wildman–Crippen MR) is 137 cm³/mol. The quantitative estimate of drug-likeness (QED) is 0.533. The lowest BCUT2D eigenvalue weighted by atomic mass is 9.96. The molecule has 1 amide bonds. The lowest BCUT2D eigenvalue weighted by Gasteiger charge is -2.25. The van der Waals surface area contributed by atoms with E-state index >= 15 is 0 Å². The molecule has 7 nitrogen and oxygen atoms in total. The van der Waals surface area contributed by atoms with Crippen LogP contribution >= 0.6 is 0 Å². The normalized spacial score (nSPS) is 16.1. The predicted octanol–water partition coefficient (Wildman–Crippen LogP) is 4.84. The summed E-state index contributed by atoms with van der Waals surface area (Å²) < 4.78 is 11.0. The molecule has 2 aromatic carbocycles. The van der Waals surface area contributed by atoms with Crippen LogP contribution in [0.1, 0.15) is 87.4 Å². The fraction of sp³-hybridized carbons (Fsp3) is 0.483. The van der Waals surface area contributed by atoms with Crippen LogP contribution in [0.2, 0.25) is 0 Å². The van der Waals surface area contributed by atoms with Crippen LogP contribution in [-0.4, -0.2) is 40.2 Å². The van der Waals surface area contributed by atoms with Gasteiger partial charge in [0.25, 0.3) is 0 Å². The second-order valence-corrected chi connectivity index (χ2v) is 11.4. The SMILES string of the molecule is CC(C)(C)OC(=O)c1ccc(C[C@H](NC(=O)CC2CCc3cc(O)ccc32)C(=O)OC(C)(C)C)cc1. The minimum atomic E-state index is -0.871. The van der Waals surface area contributed by atoms with Gasteiger partial charge < -0.3 is 19.9 Å². The van der Waals surface area contributed by atoms with E-state index in [9.17, 15) is 19.5 Å². The molecule has 2 N–H and O–H groups in total. The van der Waals surface area contributed by atoms with Crippen molar-refractivity contribution in [1.29, 1.82) is 0 Å². The topological polar surface area (TPSA) is 102 Å². The van der Waals surface area contributed by atoms with Gasteiger partial charge in [0.2, 0.25) is 5.91 Å². The highest BCUT2D eigenvalue weighted by molar-refractivity contribution is 5.90. The highest BCUT2D eigenvalue weighted by Crippen LogP contribution is 2.37. The van der Waals surface area contributed by atoms with Crippen LogP contribution in [-0.2, 0) is 31.9 Å². The second kappa shape index (κ2) is 10.7. The molecule has 0 aliphatic heterocycles. The Bertz CT molecular complexity index is 1110. The molecule has 2 atom stereocenters. The molecule has 36 heavy (non-hydrogen) atoms. The number of fused-ring (bicyclic) bond motifs is 1. The van der Waals surface area contributed by atoms with Crippen molar-refractivity contribution in [2.45, 2.75) is 90.4 Å². The Balaban J connectivity index is 1.70. The van der Waals surface area contributed by atoms with Crippen molar-refractivity contribution in [3.63, 3.8) is 0 Å². The Morgan fingerprint density at radius 3 is 2.22 bits per heavy atom. The molecule has 2 aromatic rings. The number of ether oxygens (including phenoxy) is 2. The summed E-state index contributed by atoms with van der Waals surface area (Å²) in [6.07, 6.45) is 2.09. The molecule has 1 aliphatic rings. The summed E-state index contributed by atoms with van der Waals surface area (Å²) >= 11 is 0. The molecule has 3 rings (SSSR count). The van der Waals surface area contributed by atoms with Crippen LogP contribution in [0.5, 0.6) is 5.75 Å². The van der Waals surface area contributed by atoms with Crippen molar-refractivity contribution in [2.75, 3.05) is 0 Å². The van der Waals surface area contributed by atoms with E-state index in [0.717, 1.165) is 29.5 Å². The summed E-state index contributed by atoms with van der Waals surface area (Å²) in [4.78, 5) is 38.3. The molecular formula is C29H37NO6. The third-order valence-electron chi connectivity index (χ3n) is 5.82. The van der Waals surface area contributed by atoms with Crippen molar-refractivity contribution in [3.05, 3.63) is 64.7 Å². The van der Waals surface area contributed by atoms with Gasteiger partial charge in [0.1, 0.15) is 23.0 Å². The van der Waals surface area contributed by atoms with Crippen molar-refractivity contribution < 1.29 is 29.0 Å². The number of phenols is 1. The Morgan fingerprint density at radius 1 is 0.972 bits per heavy atom. The number of hydrogen-bond acceptors (Lipinski definition) is 6. The summed E-state index contributed by atoms with van der Waals surface area (Å²) in [5.41, 5.74) is 2.02. The van der Waals surface area contributed by atoms with E-state index in [1.54, 1.807) is 77.9 Å². The van der Waals surface area contributed by atoms with E-state index in [1.165, 1.54) is 0 Å². The molecule has 1 unspecified atom stereocenters.